The lowest BCUT2D eigenvalue weighted by Crippen LogP contribution is -2.39. The molecule has 0 saturated carbocycles. The summed E-state index contributed by atoms with van der Waals surface area (Å²) in [6.07, 6.45) is 0.447. The molecular weight excluding hydrogens is 379 g/mol. The summed E-state index contributed by atoms with van der Waals surface area (Å²) in [4.78, 5) is 10.6. The molecule has 148 valence electrons. The summed E-state index contributed by atoms with van der Waals surface area (Å²) in [6, 6.07) is 11.3. The van der Waals surface area contributed by atoms with E-state index < -0.39 is 11.7 Å². The van der Waals surface area contributed by atoms with E-state index in [-0.39, 0.29) is 6.04 Å². The summed E-state index contributed by atoms with van der Waals surface area (Å²) in [7, 11) is 0. The number of nitrogens with zero attached hydrogens (tertiary/aromatic N) is 4. The number of nitriles is 1. The first-order valence-corrected chi connectivity index (χ1v) is 9.27. The molecule has 0 unspecified atom stereocenters. The fraction of sp³-hybridized carbons (Fsp3) is 0.286. The Morgan fingerprint density at radius 3 is 2.52 bits per heavy atom. The highest BCUT2D eigenvalue weighted by molar-refractivity contribution is 5.91. The lowest BCUT2D eigenvalue weighted by atomic mass is 10.0. The second-order valence-electron chi connectivity index (χ2n) is 7.01. The molecule has 1 fully saturated rings. The zero-order chi connectivity index (χ0) is 20.4. The van der Waals surface area contributed by atoms with Gasteiger partial charge in [0.25, 0.3) is 0 Å². The Morgan fingerprint density at radius 1 is 1.07 bits per heavy atom. The van der Waals surface area contributed by atoms with E-state index >= 15 is 0 Å². The van der Waals surface area contributed by atoms with Crippen molar-refractivity contribution < 1.29 is 13.2 Å². The number of anilines is 2. The van der Waals surface area contributed by atoms with Crippen molar-refractivity contribution in [2.45, 2.75) is 25.1 Å². The molecule has 0 bridgehead atoms. The summed E-state index contributed by atoms with van der Waals surface area (Å²) in [5, 5.41) is 13.0. The summed E-state index contributed by atoms with van der Waals surface area (Å²) in [5.41, 5.74) is 0.948. The van der Waals surface area contributed by atoms with E-state index in [0.717, 1.165) is 49.6 Å². The minimum Gasteiger partial charge on any atom is -0.382 e. The van der Waals surface area contributed by atoms with Gasteiger partial charge >= 0.3 is 6.18 Å². The molecule has 4 rings (SSSR count). The molecule has 2 aromatic heterocycles. The van der Waals surface area contributed by atoms with Gasteiger partial charge in [0.2, 0.25) is 0 Å². The third-order valence-corrected chi connectivity index (χ3v) is 5.13. The van der Waals surface area contributed by atoms with E-state index in [1.165, 1.54) is 12.3 Å². The number of rotatable bonds is 3. The molecule has 0 radical (unpaired) electrons. The van der Waals surface area contributed by atoms with Gasteiger partial charge in [-0.2, -0.15) is 18.4 Å². The number of fused-ring (bicyclic) bond motifs is 1. The van der Waals surface area contributed by atoms with Gasteiger partial charge < -0.3 is 10.2 Å². The quantitative estimate of drug-likeness (QED) is 0.700. The van der Waals surface area contributed by atoms with Gasteiger partial charge in [-0.05, 0) is 43.2 Å². The summed E-state index contributed by atoms with van der Waals surface area (Å²) in [6.45, 7) is 1.61. The third kappa shape index (κ3) is 4.09. The van der Waals surface area contributed by atoms with Crippen molar-refractivity contribution in [3.05, 3.63) is 59.9 Å². The molecule has 1 aromatic carbocycles. The molecule has 8 heteroatoms. The van der Waals surface area contributed by atoms with Crippen LogP contribution in [-0.4, -0.2) is 29.1 Å². The minimum absolute atomic E-state index is 0.206. The van der Waals surface area contributed by atoms with Crippen molar-refractivity contribution in [2.75, 3.05) is 23.3 Å². The number of hydrogen-bond donors (Lipinski definition) is 1. The van der Waals surface area contributed by atoms with Crippen LogP contribution in [0.25, 0.3) is 10.9 Å². The Hall–Kier alpha value is -3.34. The number of alkyl halides is 3. The highest BCUT2D eigenvalue weighted by atomic mass is 19.4. The van der Waals surface area contributed by atoms with Gasteiger partial charge in [-0.1, -0.05) is 6.07 Å². The Kier molecular flexibility index (Phi) is 4.97. The van der Waals surface area contributed by atoms with Crippen molar-refractivity contribution in [3.8, 4) is 6.07 Å². The van der Waals surface area contributed by atoms with E-state index in [1.54, 1.807) is 18.3 Å². The number of aromatic nitrogens is 2. The van der Waals surface area contributed by atoms with Crippen molar-refractivity contribution in [3.63, 3.8) is 0 Å². The predicted octanol–water partition coefficient (Wildman–Crippen LogP) is 4.60. The fourth-order valence-electron chi connectivity index (χ4n) is 3.56. The minimum atomic E-state index is -4.38. The third-order valence-electron chi connectivity index (χ3n) is 5.13. The first-order valence-electron chi connectivity index (χ1n) is 9.27. The molecule has 5 nitrogen and oxygen atoms in total. The molecule has 0 atom stereocenters. The van der Waals surface area contributed by atoms with Crippen molar-refractivity contribution in [1.29, 1.82) is 5.26 Å². The van der Waals surface area contributed by atoms with Crippen molar-refractivity contribution in [1.82, 2.24) is 9.97 Å². The number of piperidine rings is 1. The summed E-state index contributed by atoms with van der Waals surface area (Å²) < 4.78 is 38.8. The van der Waals surface area contributed by atoms with Crippen LogP contribution in [0.3, 0.4) is 0 Å². The maximum atomic E-state index is 12.9. The molecule has 0 amide bonds. The van der Waals surface area contributed by atoms with E-state index in [1.807, 2.05) is 6.07 Å². The number of hydrogen-bond acceptors (Lipinski definition) is 5. The van der Waals surface area contributed by atoms with Gasteiger partial charge in [-0.3, -0.25) is 4.98 Å². The van der Waals surface area contributed by atoms with E-state index in [0.29, 0.717) is 16.5 Å². The Bertz CT molecular complexity index is 1050. The normalized spacial score (nSPS) is 15.3. The number of benzene rings is 1. The zero-order valence-corrected chi connectivity index (χ0v) is 15.4. The van der Waals surface area contributed by atoms with Crippen LogP contribution in [0.2, 0.25) is 0 Å². The van der Waals surface area contributed by atoms with Crippen LogP contribution in [0.1, 0.15) is 24.0 Å². The van der Waals surface area contributed by atoms with E-state index in [2.05, 4.69) is 26.3 Å². The largest absolute Gasteiger partial charge is 0.416 e. The van der Waals surface area contributed by atoms with Gasteiger partial charge in [0.15, 0.2) is 0 Å². The number of nitrogens with one attached hydrogen (secondary N) is 1. The van der Waals surface area contributed by atoms with Crippen molar-refractivity contribution in [2.24, 2.45) is 0 Å². The summed E-state index contributed by atoms with van der Waals surface area (Å²) in [5.74, 6) is 0.844. The second kappa shape index (κ2) is 7.59. The van der Waals surface area contributed by atoms with E-state index in [4.69, 9.17) is 5.26 Å². The van der Waals surface area contributed by atoms with Gasteiger partial charge in [-0.15, -0.1) is 0 Å². The van der Waals surface area contributed by atoms with Crippen LogP contribution in [0.15, 0.2) is 48.8 Å². The SMILES string of the molecule is N#Cc1ccc(N2CCC(Nc3ccnc4cc(C(F)(F)F)ccc34)CC2)nc1. The molecule has 3 heterocycles. The highest BCUT2D eigenvalue weighted by Gasteiger charge is 2.30. The average Bonchev–Trinajstić information content (AvgIpc) is 2.73. The molecule has 3 aromatic rings. The second-order valence-corrected chi connectivity index (χ2v) is 7.01. The zero-order valence-electron chi connectivity index (χ0n) is 15.4. The van der Waals surface area contributed by atoms with Gasteiger partial charge in [0.05, 0.1) is 16.6 Å². The Labute approximate surface area is 165 Å². The topological polar surface area (TPSA) is 64.8 Å². The molecule has 1 aliphatic rings. The molecule has 1 saturated heterocycles. The van der Waals surface area contributed by atoms with Crippen molar-refractivity contribution >= 4 is 22.4 Å². The van der Waals surface area contributed by atoms with Crippen LogP contribution in [0.4, 0.5) is 24.7 Å². The van der Waals surface area contributed by atoms with Crippen LogP contribution >= 0.6 is 0 Å². The van der Waals surface area contributed by atoms with Gasteiger partial charge in [-0.25, -0.2) is 4.98 Å². The van der Waals surface area contributed by atoms with Gasteiger partial charge in [0, 0.05) is 42.6 Å². The van der Waals surface area contributed by atoms with Crippen LogP contribution in [0, 0.1) is 11.3 Å². The molecule has 0 aliphatic carbocycles. The molecule has 29 heavy (non-hydrogen) atoms. The number of halogens is 3. The molecule has 1 aliphatic heterocycles. The lowest BCUT2D eigenvalue weighted by Gasteiger charge is -2.33. The Morgan fingerprint density at radius 2 is 1.86 bits per heavy atom. The lowest BCUT2D eigenvalue weighted by molar-refractivity contribution is -0.137. The fourth-order valence-corrected chi connectivity index (χ4v) is 3.56. The maximum absolute atomic E-state index is 12.9. The first kappa shape index (κ1) is 19.0. The number of pyridine rings is 2. The molecule has 0 spiro atoms. The van der Waals surface area contributed by atoms with Crippen LogP contribution < -0.4 is 10.2 Å². The first-order chi connectivity index (χ1) is 13.9. The summed E-state index contributed by atoms with van der Waals surface area (Å²) >= 11 is 0. The standard InChI is InChI=1S/C21H18F3N5/c22-21(23,24)15-2-3-17-18(5-8-26-19(17)11-15)28-16-6-9-29(10-7-16)20-4-1-14(12-25)13-27-20/h1-5,8,11,13,16H,6-7,9-10H2,(H,26,28). The highest BCUT2D eigenvalue weighted by Crippen LogP contribution is 2.33. The van der Waals surface area contributed by atoms with Crippen LogP contribution in [-0.2, 0) is 6.18 Å². The van der Waals surface area contributed by atoms with E-state index in [9.17, 15) is 13.2 Å². The average molecular weight is 397 g/mol. The monoisotopic (exact) mass is 397 g/mol. The smallest absolute Gasteiger partial charge is 0.382 e. The Balaban J connectivity index is 1.45. The molecular formula is C21H18F3N5. The van der Waals surface area contributed by atoms with Gasteiger partial charge in [0.1, 0.15) is 11.9 Å². The predicted molar refractivity (Wildman–Crippen MR) is 105 cm³/mol. The maximum Gasteiger partial charge on any atom is 0.416 e. The molecule has 1 N–H and O–H groups in total. The van der Waals surface area contributed by atoms with Crippen LogP contribution in [0.5, 0.6) is 0 Å².